The predicted octanol–water partition coefficient (Wildman–Crippen LogP) is 4.08. The fourth-order valence-corrected chi connectivity index (χ4v) is 2.89. The highest BCUT2D eigenvalue weighted by Crippen LogP contribution is 2.33. The Balaban J connectivity index is 1.68. The molecule has 1 saturated heterocycles. The fourth-order valence-electron chi connectivity index (χ4n) is 2.89. The Morgan fingerprint density at radius 1 is 1.17 bits per heavy atom. The van der Waals surface area contributed by atoms with Crippen LogP contribution in [-0.2, 0) is 10.9 Å². The molecular formula is C17H18F3N3O. The van der Waals surface area contributed by atoms with Crippen molar-refractivity contribution in [2.75, 3.05) is 18.5 Å². The van der Waals surface area contributed by atoms with Gasteiger partial charge in [0.15, 0.2) is 0 Å². The number of ether oxygens (including phenoxy) is 1. The zero-order chi connectivity index (χ0) is 17.0. The van der Waals surface area contributed by atoms with Crippen molar-refractivity contribution in [3.8, 4) is 0 Å². The molecule has 2 unspecified atom stereocenters. The van der Waals surface area contributed by atoms with Gasteiger partial charge in [-0.2, -0.15) is 13.2 Å². The number of nitrogens with zero attached hydrogens (tertiary/aromatic N) is 2. The van der Waals surface area contributed by atoms with Crippen LogP contribution < -0.4 is 5.32 Å². The van der Waals surface area contributed by atoms with Crippen molar-refractivity contribution in [2.24, 2.45) is 5.92 Å². The molecule has 3 rings (SSSR count). The van der Waals surface area contributed by atoms with Gasteiger partial charge in [-0.15, -0.1) is 0 Å². The van der Waals surface area contributed by atoms with Crippen LogP contribution in [0.2, 0.25) is 0 Å². The molecule has 1 aliphatic rings. The van der Waals surface area contributed by atoms with Crippen molar-refractivity contribution in [2.45, 2.75) is 25.1 Å². The molecule has 7 heteroatoms. The van der Waals surface area contributed by atoms with Gasteiger partial charge in [0, 0.05) is 25.3 Å². The highest BCUT2D eigenvalue weighted by molar-refractivity contribution is 5.27. The van der Waals surface area contributed by atoms with E-state index in [0.717, 1.165) is 30.7 Å². The van der Waals surface area contributed by atoms with Gasteiger partial charge in [0.2, 0.25) is 5.95 Å². The number of aromatic nitrogens is 2. The van der Waals surface area contributed by atoms with Crippen LogP contribution >= 0.6 is 0 Å². The van der Waals surface area contributed by atoms with Gasteiger partial charge >= 0.3 is 6.18 Å². The summed E-state index contributed by atoms with van der Waals surface area (Å²) in [7, 11) is 0. The molecule has 2 atom stereocenters. The summed E-state index contributed by atoms with van der Waals surface area (Å²) in [5.41, 5.74) is 0.133. The van der Waals surface area contributed by atoms with Gasteiger partial charge in [0.05, 0.1) is 6.10 Å². The van der Waals surface area contributed by atoms with Crippen molar-refractivity contribution < 1.29 is 17.9 Å². The second-order valence-corrected chi connectivity index (χ2v) is 5.75. The Bertz CT molecular complexity index is 664. The molecule has 24 heavy (non-hydrogen) atoms. The lowest BCUT2D eigenvalue weighted by atomic mass is 9.89. The molecular weight excluding hydrogens is 319 g/mol. The molecule has 1 aromatic carbocycles. The smallest absolute Gasteiger partial charge is 0.373 e. The lowest BCUT2D eigenvalue weighted by molar-refractivity contribution is -0.141. The van der Waals surface area contributed by atoms with Crippen LogP contribution in [0.4, 0.5) is 19.1 Å². The van der Waals surface area contributed by atoms with E-state index < -0.39 is 11.9 Å². The highest BCUT2D eigenvalue weighted by atomic mass is 19.4. The lowest BCUT2D eigenvalue weighted by Crippen LogP contribution is -2.28. The molecule has 1 aromatic heterocycles. The summed E-state index contributed by atoms with van der Waals surface area (Å²) in [6, 6.07) is 10.7. The minimum absolute atomic E-state index is 0.0118. The number of nitrogens with one attached hydrogen (secondary N) is 1. The van der Waals surface area contributed by atoms with Crippen LogP contribution in [-0.4, -0.2) is 23.1 Å². The standard InChI is InChI=1S/C17H18F3N3O/c18-17(19,20)14-8-9-21-16(23-14)22-11-13-7-4-10-24-15(13)12-5-2-1-3-6-12/h1-3,5-6,8-9,13,15H,4,7,10-11H2,(H,21,22,23). The molecule has 0 saturated carbocycles. The number of hydrogen-bond acceptors (Lipinski definition) is 4. The minimum Gasteiger partial charge on any atom is -0.373 e. The van der Waals surface area contributed by atoms with Crippen molar-refractivity contribution in [3.63, 3.8) is 0 Å². The molecule has 1 N–H and O–H groups in total. The Labute approximate surface area is 138 Å². The van der Waals surface area contributed by atoms with Crippen molar-refractivity contribution >= 4 is 5.95 Å². The van der Waals surface area contributed by atoms with Crippen LogP contribution in [0.3, 0.4) is 0 Å². The number of anilines is 1. The van der Waals surface area contributed by atoms with Crippen molar-refractivity contribution in [3.05, 3.63) is 53.9 Å². The maximum Gasteiger partial charge on any atom is 0.433 e. The number of alkyl halides is 3. The van der Waals surface area contributed by atoms with E-state index in [1.165, 1.54) is 0 Å². The molecule has 0 amide bonds. The first-order valence-electron chi connectivity index (χ1n) is 7.85. The topological polar surface area (TPSA) is 47.0 Å². The van der Waals surface area contributed by atoms with Crippen LogP contribution in [0, 0.1) is 5.92 Å². The summed E-state index contributed by atoms with van der Waals surface area (Å²) in [6.07, 6.45) is -1.56. The Kier molecular flexibility index (Phi) is 4.99. The number of halogens is 3. The third kappa shape index (κ3) is 4.03. The van der Waals surface area contributed by atoms with Crippen molar-refractivity contribution in [1.29, 1.82) is 0 Å². The molecule has 2 aromatic rings. The number of rotatable bonds is 4. The molecule has 0 aliphatic carbocycles. The minimum atomic E-state index is -4.47. The van der Waals surface area contributed by atoms with E-state index in [4.69, 9.17) is 4.74 Å². The van der Waals surface area contributed by atoms with Gasteiger partial charge in [-0.05, 0) is 24.5 Å². The third-order valence-electron chi connectivity index (χ3n) is 4.04. The average Bonchev–Trinajstić information content (AvgIpc) is 2.60. The average molecular weight is 337 g/mol. The lowest BCUT2D eigenvalue weighted by Gasteiger charge is -2.32. The first-order valence-corrected chi connectivity index (χ1v) is 7.85. The van der Waals surface area contributed by atoms with E-state index in [-0.39, 0.29) is 18.0 Å². The van der Waals surface area contributed by atoms with Gasteiger partial charge in [0.25, 0.3) is 0 Å². The fraction of sp³-hybridized carbons (Fsp3) is 0.412. The zero-order valence-corrected chi connectivity index (χ0v) is 13.0. The van der Waals surface area contributed by atoms with Crippen LogP contribution in [0.15, 0.2) is 42.6 Å². The van der Waals surface area contributed by atoms with E-state index in [9.17, 15) is 13.2 Å². The predicted molar refractivity (Wildman–Crippen MR) is 83.4 cm³/mol. The molecule has 4 nitrogen and oxygen atoms in total. The third-order valence-corrected chi connectivity index (χ3v) is 4.04. The SMILES string of the molecule is FC(F)(F)c1ccnc(NCC2CCCOC2c2ccccc2)n1. The summed E-state index contributed by atoms with van der Waals surface area (Å²) in [5.74, 6) is 0.140. The molecule has 1 aliphatic heterocycles. The molecule has 0 bridgehead atoms. The Hall–Kier alpha value is -2.15. The summed E-state index contributed by atoms with van der Waals surface area (Å²) >= 11 is 0. The van der Waals surface area contributed by atoms with Crippen LogP contribution in [0.1, 0.15) is 30.2 Å². The van der Waals surface area contributed by atoms with Gasteiger partial charge in [0.1, 0.15) is 5.69 Å². The second kappa shape index (κ2) is 7.17. The highest BCUT2D eigenvalue weighted by Gasteiger charge is 2.33. The quantitative estimate of drug-likeness (QED) is 0.913. The Morgan fingerprint density at radius 2 is 1.96 bits per heavy atom. The maximum absolute atomic E-state index is 12.7. The Morgan fingerprint density at radius 3 is 2.71 bits per heavy atom. The van der Waals surface area contributed by atoms with Crippen LogP contribution in [0.25, 0.3) is 0 Å². The first kappa shape index (κ1) is 16.7. The van der Waals surface area contributed by atoms with E-state index in [0.29, 0.717) is 13.2 Å². The summed E-state index contributed by atoms with van der Waals surface area (Å²) in [4.78, 5) is 7.41. The summed E-state index contributed by atoms with van der Waals surface area (Å²) in [6.45, 7) is 1.15. The molecule has 1 fully saturated rings. The van der Waals surface area contributed by atoms with Crippen LogP contribution in [0.5, 0.6) is 0 Å². The molecule has 2 heterocycles. The van der Waals surface area contributed by atoms with E-state index >= 15 is 0 Å². The monoisotopic (exact) mass is 337 g/mol. The van der Waals surface area contributed by atoms with Gasteiger partial charge in [-0.3, -0.25) is 0 Å². The number of hydrogen-bond donors (Lipinski definition) is 1. The van der Waals surface area contributed by atoms with Gasteiger partial charge in [-0.25, -0.2) is 9.97 Å². The second-order valence-electron chi connectivity index (χ2n) is 5.75. The summed E-state index contributed by atoms with van der Waals surface area (Å²) in [5, 5.41) is 2.92. The largest absolute Gasteiger partial charge is 0.433 e. The first-order chi connectivity index (χ1) is 11.5. The normalized spacial score (nSPS) is 21.5. The molecule has 0 radical (unpaired) electrons. The molecule has 0 spiro atoms. The van der Waals surface area contributed by atoms with E-state index in [1.807, 2.05) is 30.3 Å². The number of benzene rings is 1. The molecule has 128 valence electrons. The van der Waals surface area contributed by atoms with Gasteiger partial charge < -0.3 is 10.1 Å². The van der Waals surface area contributed by atoms with E-state index in [1.54, 1.807) is 0 Å². The van der Waals surface area contributed by atoms with Crippen molar-refractivity contribution in [1.82, 2.24) is 9.97 Å². The zero-order valence-electron chi connectivity index (χ0n) is 13.0. The summed E-state index contributed by atoms with van der Waals surface area (Å²) < 4.78 is 44.0. The van der Waals surface area contributed by atoms with Gasteiger partial charge in [-0.1, -0.05) is 30.3 Å². The maximum atomic E-state index is 12.7. The van der Waals surface area contributed by atoms with E-state index in [2.05, 4.69) is 15.3 Å².